The molecule has 0 spiro atoms. The first-order valence-electron chi connectivity index (χ1n) is 9.42. The Morgan fingerprint density at radius 2 is 1.81 bits per heavy atom. The summed E-state index contributed by atoms with van der Waals surface area (Å²) < 4.78 is 28.1. The van der Waals surface area contributed by atoms with Crippen molar-refractivity contribution in [1.82, 2.24) is 30.0 Å². The number of carbonyl (C=O) groups is 1. The minimum Gasteiger partial charge on any atom is -0.336 e. The van der Waals surface area contributed by atoms with Crippen molar-refractivity contribution in [3.05, 3.63) is 75.6 Å². The van der Waals surface area contributed by atoms with E-state index in [0.717, 1.165) is 12.1 Å². The highest BCUT2D eigenvalue weighted by Crippen LogP contribution is 2.21. The highest BCUT2D eigenvalue weighted by molar-refractivity contribution is 5.98. The van der Waals surface area contributed by atoms with Crippen molar-refractivity contribution in [3.8, 4) is 5.69 Å². The molecule has 0 unspecified atom stereocenters. The fraction of sp³-hybridized carbons (Fsp3) is 0.263. The molecule has 1 aliphatic rings. The normalized spacial score (nSPS) is 14.6. The van der Waals surface area contributed by atoms with E-state index in [9.17, 15) is 23.7 Å². The number of hydrogen-bond donors (Lipinski definition) is 0. The quantitative estimate of drug-likeness (QED) is 0.449. The summed E-state index contributed by atoms with van der Waals surface area (Å²) in [6.45, 7) is 2.07. The molecular weight excluding hydrogens is 412 g/mol. The standard InChI is InChI=1S/C19H17F2N7O3/c20-15-6-5-13(11-16(15)21)27-18(22-23-24-27)12-25-7-9-26(10-8-25)19(29)14-3-1-2-4-17(14)28(30)31/h1-6,11H,7-10,12H2. The fourth-order valence-corrected chi connectivity index (χ4v) is 3.41. The lowest BCUT2D eigenvalue weighted by atomic mass is 10.1. The van der Waals surface area contributed by atoms with Crippen LogP contribution in [0.2, 0.25) is 0 Å². The summed E-state index contributed by atoms with van der Waals surface area (Å²) in [5.41, 5.74) is 0.132. The van der Waals surface area contributed by atoms with Crippen LogP contribution in [-0.4, -0.2) is 67.0 Å². The van der Waals surface area contributed by atoms with E-state index < -0.39 is 22.5 Å². The van der Waals surface area contributed by atoms with E-state index in [0.29, 0.717) is 44.2 Å². The molecule has 1 fully saturated rings. The van der Waals surface area contributed by atoms with Crippen LogP contribution in [-0.2, 0) is 6.54 Å². The number of hydrogen-bond acceptors (Lipinski definition) is 7. The zero-order valence-electron chi connectivity index (χ0n) is 16.2. The third-order valence-corrected chi connectivity index (χ3v) is 5.04. The van der Waals surface area contributed by atoms with Gasteiger partial charge in [-0.1, -0.05) is 12.1 Å². The Kier molecular flexibility index (Phi) is 5.62. The molecule has 0 saturated carbocycles. The van der Waals surface area contributed by atoms with E-state index in [-0.39, 0.29) is 11.3 Å². The van der Waals surface area contributed by atoms with Gasteiger partial charge in [0, 0.05) is 38.3 Å². The average Bonchev–Trinajstić information content (AvgIpc) is 3.23. The minimum absolute atomic E-state index is 0.0585. The monoisotopic (exact) mass is 429 g/mol. The number of para-hydroxylation sites is 1. The van der Waals surface area contributed by atoms with Crippen LogP contribution in [0.3, 0.4) is 0 Å². The predicted molar refractivity (Wildman–Crippen MR) is 103 cm³/mol. The molecule has 1 amide bonds. The molecular formula is C19H17F2N7O3. The molecule has 2 aromatic carbocycles. The van der Waals surface area contributed by atoms with Gasteiger partial charge in [0.2, 0.25) is 0 Å². The number of aromatic nitrogens is 4. The Morgan fingerprint density at radius 1 is 1.06 bits per heavy atom. The largest absolute Gasteiger partial charge is 0.336 e. The van der Waals surface area contributed by atoms with Crippen molar-refractivity contribution >= 4 is 11.6 Å². The van der Waals surface area contributed by atoms with Crippen LogP contribution in [0.1, 0.15) is 16.2 Å². The lowest BCUT2D eigenvalue weighted by Crippen LogP contribution is -2.48. The van der Waals surface area contributed by atoms with Crippen molar-refractivity contribution in [3.63, 3.8) is 0 Å². The molecule has 0 bridgehead atoms. The zero-order valence-corrected chi connectivity index (χ0v) is 16.2. The van der Waals surface area contributed by atoms with Gasteiger partial charge >= 0.3 is 0 Å². The molecule has 1 aliphatic heterocycles. The maximum Gasteiger partial charge on any atom is 0.282 e. The minimum atomic E-state index is -0.999. The van der Waals surface area contributed by atoms with Gasteiger partial charge in [-0.15, -0.1) is 5.10 Å². The second-order valence-corrected chi connectivity index (χ2v) is 6.95. The van der Waals surface area contributed by atoms with Gasteiger partial charge in [0.15, 0.2) is 17.5 Å². The van der Waals surface area contributed by atoms with Crippen molar-refractivity contribution in [2.24, 2.45) is 0 Å². The number of amides is 1. The van der Waals surface area contributed by atoms with Gasteiger partial charge in [-0.2, -0.15) is 4.68 Å². The first-order chi connectivity index (χ1) is 14.9. The van der Waals surface area contributed by atoms with Crippen LogP contribution in [0.25, 0.3) is 5.69 Å². The van der Waals surface area contributed by atoms with Crippen LogP contribution in [0, 0.1) is 21.7 Å². The second kappa shape index (κ2) is 8.52. The maximum atomic E-state index is 13.6. The summed E-state index contributed by atoms with van der Waals surface area (Å²) >= 11 is 0. The number of halogens is 2. The summed E-state index contributed by atoms with van der Waals surface area (Å²) in [5, 5.41) is 22.6. The third-order valence-electron chi connectivity index (χ3n) is 5.04. The highest BCUT2D eigenvalue weighted by Gasteiger charge is 2.27. The van der Waals surface area contributed by atoms with E-state index in [2.05, 4.69) is 15.5 Å². The summed E-state index contributed by atoms with van der Waals surface area (Å²) in [6.07, 6.45) is 0. The fourth-order valence-electron chi connectivity index (χ4n) is 3.41. The van der Waals surface area contributed by atoms with Gasteiger partial charge in [-0.25, -0.2) is 8.78 Å². The number of nitro benzene ring substituents is 1. The van der Waals surface area contributed by atoms with Gasteiger partial charge in [0.25, 0.3) is 11.6 Å². The van der Waals surface area contributed by atoms with Gasteiger partial charge in [-0.3, -0.25) is 19.8 Å². The van der Waals surface area contributed by atoms with Crippen LogP contribution < -0.4 is 0 Å². The lowest BCUT2D eigenvalue weighted by Gasteiger charge is -2.34. The van der Waals surface area contributed by atoms with E-state index in [1.807, 2.05) is 4.90 Å². The molecule has 1 saturated heterocycles. The first kappa shape index (κ1) is 20.5. The molecule has 1 aromatic heterocycles. The molecule has 0 aliphatic carbocycles. The van der Waals surface area contributed by atoms with Crippen molar-refractivity contribution in [2.75, 3.05) is 26.2 Å². The van der Waals surface area contributed by atoms with Crippen molar-refractivity contribution < 1.29 is 18.5 Å². The average molecular weight is 429 g/mol. The SMILES string of the molecule is O=C(c1ccccc1[N+](=O)[O-])N1CCN(Cc2nnnn2-c2ccc(F)c(F)c2)CC1. The Bertz CT molecular complexity index is 1130. The molecule has 0 atom stereocenters. The molecule has 160 valence electrons. The van der Waals surface area contributed by atoms with Crippen LogP contribution in [0.15, 0.2) is 42.5 Å². The molecule has 2 heterocycles. The summed E-state index contributed by atoms with van der Waals surface area (Å²) in [4.78, 5) is 26.9. The number of benzene rings is 2. The molecule has 0 N–H and O–H groups in total. The third kappa shape index (κ3) is 4.23. The zero-order chi connectivity index (χ0) is 22.0. The Labute approximate surface area is 174 Å². The maximum absolute atomic E-state index is 13.6. The van der Waals surface area contributed by atoms with Crippen LogP contribution in [0.4, 0.5) is 14.5 Å². The van der Waals surface area contributed by atoms with E-state index >= 15 is 0 Å². The number of rotatable bonds is 5. The topological polar surface area (TPSA) is 110 Å². The van der Waals surface area contributed by atoms with E-state index in [1.165, 1.54) is 28.9 Å². The lowest BCUT2D eigenvalue weighted by molar-refractivity contribution is -0.385. The van der Waals surface area contributed by atoms with E-state index in [4.69, 9.17) is 0 Å². The molecule has 3 aromatic rings. The van der Waals surface area contributed by atoms with Crippen LogP contribution in [0.5, 0.6) is 0 Å². The van der Waals surface area contributed by atoms with Crippen LogP contribution >= 0.6 is 0 Å². The summed E-state index contributed by atoms with van der Waals surface area (Å²) in [6, 6.07) is 9.26. The summed E-state index contributed by atoms with van der Waals surface area (Å²) in [7, 11) is 0. The number of tetrazole rings is 1. The molecule has 0 radical (unpaired) electrons. The van der Waals surface area contributed by atoms with Crippen molar-refractivity contribution in [2.45, 2.75) is 6.54 Å². The Balaban J connectivity index is 1.42. The Hall–Kier alpha value is -3.80. The smallest absolute Gasteiger partial charge is 0.282 e. The summed E-state index contributed by atoms with van der Waals surface area (Å²) in [5.74, 6) is -1.91. The number of nitro groups is 1. The Morgan fingerprint density at radius 3 is 2.52 bits per heavy atom. The molecule has 10 nitrogen and oxygen atoms in total. The van der Waals surface area contributed by atoms with Gasteiger partial charge in [0.1, 0.15) is 5.56 Å². The van der Waals surface area contributed by atoms with E-state index in [1.54, 1.807) is 11.0 Å². The number of nitrogens with zero attached hydrogens (tertiary/aromatic N) is 7. The number of carbonyl (C=O) groups excluding carboxylic acids is 1. The van der Waals surface area contributed by atoms with Gasteiger partial charge in [-0.05, 0) is 28.6 Å². The predicted octanol–water partition coefficient (Wildman–Crippen LogP) is 1.81. The molecule has 12 heteroatoms. The number of piperazine rings is 1. The van der Waals surface area contributed by atoms with Crippen molar-refractivity contribution in [1.29, 1.82) is 0 Å². The van der Waals surface area contributed by atoms with Gasteiger partial charge < -0.3 is 4.90 Å². The second-order valence-electron chi connectivity index (χ2n) is 6.95. The highest BCUT2D eigenvalue weighted by atomic mass is 19.2. The first-order valence-corrected chi connectivity index (χ1v) is 9.42. The molecule has 4 rings (SSSR count). The van der Waals surface area contributed by atoms with Gasteiger partial charge in [0.05, 0.1) is 17.2 Å². The molecule has 31 heavy (non-hydrogen) atoms.